The number of carbonyl (C=O) groups excluding carboxylic acids is 1. The first-order valence-corrected chi connectivity index (χ1v) is 8.71. The highest BCUT2D eigenvalue weighted by molar-refractivity contribution is 7.89. The summed E-state index contributed by atoms with van der Waals surface area (Å²) in [5, 5.41) is -0.0500. The maximum absolute atomic E-state index is 12.3. The van der Waals surface area contributed by atoms with Crippen LogP contribution in [0.1, 0.15) is 37.0 Å². The molecule has 0 aliphatic rings. The van der Waals surface area contributed by atoms with Gasteiger partial charge in [0.05, 0.1) is 17.7 Å². The monoisotopic (exact) mass is 348 g/mol. The third kappa shape index (κ3) is 4.42. The van der Waals surface area contributed by atoms with Gasteiger partial charge in [-0.1, -0.05) is 25.4 Å². The highest BCUT2D eigenvalue weighted by atomic mass is 35.5. The van der Waals surface area contributed by atoms with Gasteiger partial charge in [0.1, 0.15) is 4.90 Å². The Labute approximate surface area is 136 Å². The molecule has 0 saturated heterocycles. The molecule has 0 aliphatic heterocycles. The van der Waals surface area contributed by atoms with Crippen LogP contribution in [0.25, 0.3) is 0 Å². The summed E-state index contributed by atoms with van der Waals surface area (Å²) in [6.07, 6.45) is 1.28. The van der Waals surface area contributed by atoms with Gasteiger partial charge in [-0.2, -0.15) is 0 Å². The topological polar surface area (TPSA) is 98.5 Å². The number of hydrogen-bond acceptors (Lipinski definition) is 5. The molecule has 1 aromatic carbocycles. The van der Waals surface area contributed by atoms with E-state index >= 15 is 0 Å². The van der Waals surface area contributed by atoms with E-state index in [2.05, 4.69) is 9.46 Å². The van der Waals surface area contributed by atoms with E-state index in [4.69, 9.17) is 17.3 Å². The molecule has 0 heterocycles. The first kappa shape index (κ1) is 18.9. The van der Waals surface area contributed by atoms with Crippen LogP contribution in [0.3, 0.4) is 0 Å². The van der Waals surface area contributed by atoms with Crippen molar-refractivity contribution in [2.45, 2.75) is 37.1 Å². The summed E-state index contributed by atoms with van der Waals surface area (Å²) in [5.74, 6) is -0.586. The molecule has 1 aromatic rings. The van der Waals surface area contributed by atoms with Crippen molar-refractivity contribution < 1.29 is 17.9 Å². The number of halogens is 1. The number of nitrogens with one attached hydrogen (secondary N) is 1. The SMILES string of the molecule is CCC(N)(CC)CNS(=O)(=O)c1ccc(C(=O)OC)cc1Cl. The molecule has 0 radical (unpaired) electrons. The Hall–Kier alpha value is -1.15. The summed E-state index contributed by atoms with van der Waals surface area (Å²) in [7, 11) is -2.57. The molecule has 3 N–H and O–H groups in total. The molecule has 0 spiro atoms. The lowest BCUT2D eigenvalue weighted by Gasteiger charge is -2.26. The lowest BCUT2D eigenvalue weighted by molar-refractivity contribution is 0.0600. The Balaban J connectivity index is 3.01. The van der Waals surface area contributed by atoms with Gasteiger partial charge in [0.2, 0.25) is 10.0 Å². The van der Waals surface area contributed by atoms with Crippen molar-refractivity contribution in [1.82, 2.24) is 4.72 Å². The molecule has 1 rings (SSSR count). The van der Waals surface area contributed by atoms with E-state index in [0.717, 1.165) is 0 Å². The van der Waals surface area contributed by atoms with Gasteiger partial charge in [-0.3, -0.25) is 0 Å². The Kier molecular flexibility index (Phi) is 6.37. The second-order valence-electron chi connectivity index (χ2n) is 5.03. The Bertz CT molecular complexity index is 642. The van der Waals surface area contributed by atoms with Crippen molar-refractivity contribution in [3.63, 3.8) is 0 Å². The number of sulfonamides is 1. The molecule has 6 nitrogen and oxygen atoms in total. The van der Waals surface area contributed by atoms with Crippen LogP contribution in [0, 0.1) is 0 Å². The van der Waals surface area contributed by atoms with Crippen molar-refractivity contribution in [2.24, 2.45) is 5.73 Å². The van der Waals surface area contributed by atoms with E-state index in [1.165, 1.54) is 25.3 Å². The third-order valence-electron chi connectivity index (χ3n) is 3.66. The van der Waals surface area contributed by atoms with Crippen molar-refractivity contribution in [2.75, 3.05) is 13.7 Å². The van der Waals surface area contributed by atoms with Crippen LogP contribution < -0.4 is 10.5 Å². The van der Waals surface area contributed by atoms with Gasteiger partial charge in [0, 0.05) is 12.1 Å². The molecule has 124 valence electrons. The molecule has 0 aromatic heterocycles. The van der Waals surface area contributed by atoms with Crippen molar-refractivity contribution in [1.29, 1.82) is 0 Å². The summed E-state index contributed by atoms with van der Waals surface area (Å²) in [6.45, 7) is 3.91. The molecule has 0 bridgehead atoms. The summed E-state index contributed by atoms with van der Waals surface area (Å²) >= 11 is 5.97. The second-order valence-corrected chi connectivity index (χ2v) is 7.17. The highest BCUT2D eigenvalue weighted by Crippen LogP contribution is 2.23. The number of rotatable bonds is 7. The minimum absolute atomic E-state index is 0.0500. The van der Waals surface area contributed by atoms with Crippen molar-refractivity contribution in [3.05, 3.63) is 28.8 Å². The van der Waals surface area contributed by atoms with E-state index in [1.807, 2.05) is 13.8 Å². The molecule has 22 heavy (non-hydrogen) atoms. The van der Waals surface area contributed by atoms with E-state index in [1.54, 1.807) is 0 Å². The van der Waals surface area contributed by atoms with E-state index in [9.17, 15) is 13.2 Å². The van der Waals surface area contributed by atoms with Crippen LogP contribution in [0.4, 0.5) is 0 Å². The summed E-state index contributed by atoms with van der Waals surface area (Å²) < 4.78 is 31.7. The molecule has 0 saturated carbocycles. The third-order valence-corrected chi connectivity index (χ3v) is 5.55. The molecule has 0 fully saturated rings. The minimum Gasteiger partial charge on any atom is -0.465 e. The van der Waals surface area contributed by atoms with Gasteiger partial charge in [-0.15, -0.1) is 0 Å². The fraction of sp³-hybridized carbons (Fsp3) is 0.500. The number of methoxy groups -OCH3 is 1. The van der Waals surface area contributed by atoms with Gasteiger partial charge in [0.15, 0.2) is 0 Å². The molecular weight excluding hydrogens is 328 g/mol. The summed E-state index contributed by atoms with van der Waals surface area (Å²) in [5.41, 5.74) is 5.66. The van der Waals surface area contributed by atoms with Gasteiger partial charge in [-0.25, -0.2) is 17.9 Å². The van der Waals surface area contributed by atoms with Gasteiger partial charge in [-0.05, 0) is 31.0 Å². The van der Waals surface area contributed by atoms with Crippen LogP contribution in [-0.4, -0.2) is 33.6 Å². The van der Waals surface area contributed by atoms with E-state index < -0.39 is 21.5 Å². The maximum atomic E-state index is 12.3. The number of carbonyl (C=O) groups is 1. The molecule has 0 unspecified atom stereocenters. The summed E-state index contributed by atoms with van der Waals surface area (Å²) in [6, 6.07) is 3.88. The first-order valence-electron chi connectivity index (χ1n) is 6.85. The Morgan fingerprint density at radius 2 is 1.95 bits per heavy atom. The summed E-state index contributed by atoms with van der Waals surface area (Å²) in [4.78, 5) is 11.3. The Morgan fingerprint density at radius 1 is 1.36 bits per heavy atom. The first-order chi connectivity index (χ1) is 10.2. The van der Waals surface area contributed by atoms with Crippen LogP contribution in [0.2, 0.25) is 5.02 Å². The Morgan fingerprint density at radius 3 is 2.41 bits per heavy atom. The van der Waals surface area contributed by atoms with Crippen molar-refractivity contribution >= 4 is 27.6 Å². The van der Waals surface area contributed by atoms with Gasteiger partial charge >= 0.3 is 5.97 Å². The van der Waals surface area contributed by atoms with Gasteiger partial charge < -0.3 is 10.5 Å². The second kappa shape index (κ2) is 7.41. The lowest BCUT2D eigenvalue weighted by atomic mass is 9.95. The predicted octanol–water partition coefficient (Wildman–Crippen LogP) is 1.92. The maximum Gasteiger partial charge on any atom is 0.337 e. The number of ether oxygens (including phenoxy) is 1. The fourth-order valence-electron chi connectivity index (χ4n) is 1.78. The minimum atomic E-state index is -3.81. The van der Waals surface area contributed by atoms with Crippen LogP contribution in [0.5, 0.6) is 0 Å². The highest BCUT2D eigenvalue weighted by Gasteiger charge is 2.25. The molecule has 8 heteroatoms. The quantitative estimate of drug-likeness (QED) is 0.733. The normalized spacial score (nSPS) is 12.2. The molecule has 0 amide bonds. The van der Waals surface area contributed by atoms with E-state index in [0.29, 0.717) is 12.8 Å². The standard InChI is InChI=1S/C14H21ClN2O4S/c1-4-14(16,5-2)9-17-22(19,20)12-7-6-10(8-11(12)15)13(18)21-3/h6-8,17H,4-5,9,16H2,1-3H3. The lowest BCUT2D eigenvalue weighted by Crippen LogP contribution is -2.49. The predicted molar refractivity (Wildman–Crippen MR) is 85.5 cm³/mol. The van der Waals surface area contributed by atoms with Crippen LogP contribution >= 0.6 is 11.6 Å². The zero-order valence-electron chi connectivity index (χ0n) is 12.8. The zero-order chi connectivity index (χ0) is 17.0. The van der Waals surface area contributed by atoms with Crippen LogP contribution in [0.15, 0.2) is 23.1 Å². The molecule has 0 aliphatic carbocycles. The molecule has 0 atom stereocenters. The van der Waals surface area contributed by atoms with Gasteiger partial charge in [0.25, 0.3) is 0 Å². The largest absolute Gasteiger partial charge is 0.465 e. The number of benzene rings is 1. The number of esters is 1. The van der Waals surface area contributed by atoms with E-state index in [-0.39, 0.29) is 22.0 Å². The zero-order valence-corrected chi connectivity index (χ0v) is 14.4. The fourth-order valence-corrected chi connectivity index (χ4v) is 3.46. The number of nitrogens with two attached hydrogens (primary N) is 1. The molecular formula is C14H21ClN2O4S. The van der Waals surface area contributed by atoms with Crippen molar-refractivity contribution in [3.8, 4) is 0 Å². The van der Waals surface area contributed by atoms with Crippen LogP contribution in [-0.2, 0) is 14.8 Å². The smallest absolute Gasteiger partial charge is 0.337 e. The average Bonchev–Trinajstić information content (AvgIpc) is 2.51. The average molecular weight is 349 g/mol. The number of hydrogen-bond donors (Lipinski definition) is 2.